The number of carbonyl (C=O) groups is 1. The molecule has 0 aliphatic carbocycles. The number of carbonyl (C=O) groups excluding carboxylic acids is 1. The minimum absolute atomic E-state index is 0.178. The highest BCUT2D eigenvalue weighted by Crippen LogP contribution is 2.27. The Balaban J connectivity index is 1.88. The van der Waals surface area contributed by atoms with Crippen LogP contribution in [0.2, 0.25) is 0 Å². The molecule has 1 heterocycles. The van der Waals surface area contributed by atoms with Gasteiger partial charge in [0.25, 0.3) is 0 Å². The molecule has 0 aromatic heterocycles. The van der Waals surface area contributed by atoms with Crippen molar-refractivity contribution in [2.24, 2.45) is 0 Å². The van der Waals surface area contributed by atoms with Gasteiger partial charge in [0.2, 0.25) is 0 Å². The van der Waals surface area contributed by atoms with Crippen molar-refractivity contribution in [3.63, 3.8) is 0 Å². The zero-order chi connectivity index (χ0) is 15.7. The summed E-state index contributed by atoms with van der Waals surface area (Å²) in [7, 11) is 1.77. The number of fused-ring (bicyclic) bond motifs is 1. The molecule has 0 amide bonds. The number of hydrogen-bond acceptors (Lipinski definition) is 3. The molecule has 2 aromatic carbocycles. The molecule has 3 rings (SSSR count). The molecular formula is C17H16F2N2O. The van der Waals surface area contributed by atoms with Crippen LogP contribution in [0.15, 0.2) is 42.5 Å². The van der Waals surface area contributed by atoms with Crippen LogP contribution in [0, 0.1) is 11.6 Å². The molecule has 0 fully saturated rings. The number of nitrogens with zero attached hydrogens (tertiary/aromatic N) is 2. The molecule has 22 heavy (non-hydrogen) atoms. The van der Waals surface area contributed by atoms with Crippen LogP contribution in [0.5, 0.6) is 0 Å². The summed E-state index contributed by atoms with van der Waals surface area (Å²) in [5.74, 6) is -2.12. The van der Waals surface area contributed by atoms with Crippen LogP contribution in [-0.2, 0) is 6.54 Å². The first-order valence-electron chi connectivity index (χ1n) is 7.04. The van der Waals surface area contributed by atoms with E-state index in [9.17, 15) is 13.6 Å². The van der Waals surface area contributed by atoms with Gasteiger partial charge in [-0.2, -0.15) is 0 Å². The molecule has 5 heteroatoms. The van der Waals surface area contributed by atoms with Gasteiger partial charge in [0.05, 0.1) is 18.9 Å². The maximum absolute atomic E-state index is 13.5. The molecular weight excluding hydrogens is 286 g/mol. The molecule has 0 bridgehead atoms. The van der Waals surface area contributed by atoms with E-state index in [2.05, 4.69) is 0 Å². The Kier molecular flexibility index (Phi) is 3.90. The fraction of sp³-hybridized carbons (Fsp3) is 0.235. The highest BCUT2D eigenvalue weighted by Gasteiger charge is 2.25. The zero-order valence-corrected chi connectivity index (χ0v) is 12.2. The topological polar surface area (TPSA) is 23.6 Å². The van der Waals surface area contributed by atoms with Gasteiger partial charge in [0.1, 0.15) is 0 Å². The Morgan fingerprint density at radius 2 is 1.77 bits per heavy atom. The van der Waals surface area contributed by atoms with Crippen LogP contribution in [0.4, 0.5) is 14.5 Å². The van der Waals surface area contributed by atoms with E-state index in [1.807, 2.05) is 35.2 Å². The molecule has 114 valence electrons. The predicted molar refractivity (Wildman–Crippen MR) is 80.8 cm³/mol. The molecule has 0 saturated carbocycles. The molecule has 1 aliphatic rings. The van der Waals surface area contributed by atoms with Crippen LogP contribution < -0.4 is 4.90 Å². The lowest BCUT2D eigenvalue weighted by Gasteiger charge is -2.25. The Labute approximate surface area is 127 Å². The average molecular weight is 302 g/mol. The van der Waals surface area contributed by atoms with Gasteiger partial charge >= 0.3 is 0 Å². The van der Waals surface area contributed by atoms with Crippen LogP contribution in [0.1, 0.15) is 15.9 Å². The molecule has 2 aromatic rings. The molecule has 0 N–H and O–H groups in total. The highest BCUT2D eigenvalue weighted by molar-refractivity contribution is 6.03. The minimum Gasteiger partial charge on any atom is -0.361 e. The summed E-state index contributed by atoms with van der Waals surface area (Å²) >= 11 is 0. The molecule has 1 aliphatic heterocycles. The SMILES string of the molecule is CN1CN(Cc2ccccc2)CC(=O)c2cc(F)c(F)cc21. The first-order valence-corrected chi connectivity index (χ1v) is 7.04. The number of anilines is 1. The Morgan fingerprint density at radius 3 is 2.50 bits per heavy atom. The monoisotopic (exact) mass is 302 g/mol. The van der Waals surface area contributed by atoms with Gasteiger partial charge in [-0.1, -0.05) is 30.3 Å². The van der Waals surface area contributed by atoms with E-state index in [1.165, 1.54) is 0 Å². The zero-order valence-electron chi connectivity index (χ0n) is 12.2. The predicted octanol–water partition coefficient (Wildman–Crippen LogP) is 3.06. The normalized spacial score (nSPS) is 15.6. The van der Waals surface area contributed by atoms with Crippen LogP contribution in [0.3, 0.4) is 0 Å². The largest absolute Gasteiger partial charge is 0.361 e. The molecule has 3 nitrogen and oxygen atoms in total. The van der Waals surface area contributed by atoms with E-state index in [-0.39, 0.29) is 17.9 Å². The minimum atomic E-state index is -0.989. The van der Waals surface area contributed by atoms with Gasteiger partial charge in [-0.05, 0) is 11.6 Å². The number of halogens is 2. The van der Waals surface area contributed by atoms with E-state index in [4.69, 9.17) is 0 Å². The van der Waals surface area contributed by atoms with Gasteiger partial charge in [0, 0.05) is 25.2 Å². The standard InChI is InChI=1S/C17H16F2N2O/c1-20-11-21(9-12-5-3-2-4-6-12)10-17(22)13-7-14(18)15(19)8-16(13)20/h2-8H,9-11H2,1H3. The lowest BCUT2D eigenvalue weighted by molar-refractivity contribution is 0.0935. The van der Waals surface area contributed by atoms with Crippen molar-refractivity contribution in [2.75, 3.05) is 25.2 Å². The van der Waals surface area contributed by atoms with Crippen molar-refractivity contribution in [1.82, 2.24) is 4.90 Å². The second-order valence-electron chi connectivity index (χ2n) is 5.52. The maximum atomic E-state index is 13.5. The smallest absolute Gasteiger partial charge is 0.179 e. The van der Waals surface area contributed by atoms with Crippen molar-refractivity contribution >= 4 is 11.5 Å². The average Bonchev–Trinajstić information content (AvgIpc) is 2.59. The Morgan fingerprint density at radius 1 is 1.09 bits per heavy atom. The highest BCUT2D eigenvalue weighted by atomic mass is 19.2. The van der Waals surface area contributed by atoms with Gasteiger partial charge in [-0.25, -0.2) is 8.78 Å². The number of hydrogen-bond donors (Lipinski definition) is 0. The molecule has 0 unspecified atom stereocenters. The third-order valence-electron chi connectivity index (χ3n) is 3.78. The molecule has 0 saturated heterocycles. The van der Waals surface area contributed by atoms with E-state index in [0.717, 1.165) is 17.7 Å². The lowest BCUT2D eigenvalue weighted by atomic mass is 10.1. The van der Waals surface area contributed by atoms with Gasteiger partial charge in [0.15, 0.2) is 17.4 Å². The quantitative estimate of drug-likeness (QED) is 0.852. The fourth-order valence-electron chi connectivity index (χ4n) is 2.74. The van der Waals surface area contributed by atoms with Gasteiger partial charge in [-0.3, -0.25) is 9.69 Å². The second kappa shape index (κ2) is 5.85. The van der Waals surface area contributed by atoms with E-state index in [1.54, 1.807) is 11.9 Å². The van der Waals surface area contributed by atoms with Crippen LogP contribution >= 0.6 is 0 Å². The van der Waals surface area contributed by atoms with Gasteiger partial charge < -0.3 is 4.90 Å². The first-order chi connectivity index (χ1) is 10.5. The molecule has 0 atom stereocenters. The van der Waals surface area contributed by atoms with Crippen molar-refractivity contribution in [1.29, 1.82) is 0 Å². The lowest BCUT2D eigenvalue weighted by Crippen LogP contribution is -2.35. The summed E-state index contributed by atoms with van der Waals surface area (Å²) < 4.78 is 26.9. The Hall–Kier alpha value is -2.27. The third-order valence-corrected chi connectivity index (χ3v) is 3.78. The van der Waals surface area contributed by atoms with Crippen molar-refractivity contribution in [2.45, 2.75) is 6.54 Å². The molecule has 0 spiro atoms. The van der Waals surface area contributed by atoms with Crippen molar-refractivity contribution < 1.29 is 13.6 Å². The second-order valence-corrected chi connectivity index (χ2v) is 5.52. The van der Waals surface area contributed by atoms with E-state index < -0.39 is 11.6 Å². The number of benzene rings is 2. The van der Waals surface area contributed by atoms with Gasteiger partial charge in [-0.15, -0.1) is 0 Å². The summed E-state index contributed by atoms with van der Waals surface area (Å²) in [6.07, 6.45) is 0. The van der Waals surface area contributed by atoms with Crippen LogP contribution in [0.25, 0.3) is 0 Å². The summed E-state index contributed by atoms with van der Waals surface area (Å²) in [5, 5.41) is 0. The maximum Gasteiger partial charge on any atom is 0.179 e. The van der Waals surface area contributed by atoms with Crippen molar-refractivity contribution in [3.8, 4) is 0 Å². The molecule has 0 radical (unpaired) electrons. The van der Waals surface area contributed by atoms with Crippen molar-refractivity contribution in [3.05, 3.63) is 65.2 Å². The summed E-state index contributed by atoms with van der Waals surface area (Å²) in [6.45, 7) is 1.26. The third kappa shape index (κ3) is 2.85. The number of Topliss-reactive ketones (excluding diaryl/α,β-unsaturated/α-hetero) is 1. The Bertz CT molecular complexity index is 703. The van der Waals surface area contributed by atoms with Crippen LogP contribution in [-0.4, -0.2) is 30.9 Å². The van der Waals surface area contributed by atoms with E-state index >= 15 is 0 Å². The number of ketones is 1. The van der Waals surface area contributed by atoms with E-state index in [0.29, 0.717) is 18.9 Å². The summed E-state index contributed by atoms with van der Waals surface area (Å²) in [5.41, 5.74) is 1.75. The first kappa shape index (κ1) is 14.7. The summed E-state index contributed by atoms with van der Waals surface area (Å²) in [6, 6.07) is 11.9. The number of rotatable bonds is 2. The summed E-state index contributed by atoms with van der Waals surface area (Å²) in [4.78, 5) is 16.1. The fourth-order valence-corrected chi connectivity index (χ4v) is 2.74.